The Labute approximate surface area is 259 Å². The second-order valence-electron chi connectivity index (χ2n) is 13.9. The van der Waals surface area contributed by atoms with Crippen molar-refractivity contribution in [3.63, 3.8) is 0 Å². The van der Waals surface area contributed by atoms with Crippen LogP contribution in [0.3, 0.4) is 0 Å². The van der Waals surface area contributed by atoms with Crippen molar-refractivity contribution in [2.45, 2.75) is 88.6 Å². The SMILES string of the molecule is C=C[C@H]1C[C@@]12N=C([C@@H]1C[C@@](O)(c3ccc(-c4ccccc4)cc3)CN1C(=O)[C@@H](NC(=O)OC1CCCC1)C(C)(C)C)OC2=C. The third-order valence-corrected chi connectivity index (χ3v) is 9.68. The van der Waals surface area contributed by atoms with Gasteiger partial charge in [0.15, 0.2) is 0 Å². The topological polar surface area (TPSA) is 100 Å². The molecule has 4 aliphatic rings. The number of nitrogens with zero attached hydrogens (tertiary/aromatic N) is 2. The highest BCUT2D eigenvalue weighted by atomic mass is 16.6. The van der Waals surface area contributed by atoms with Crippen LogP contribution in [-0.2, 0) is 19.9 Å². The van der Waals surface area contributed by atoms with Crippen LogP contribution in [0.25, 0.3) is 11.1 Å². The van der Waals surface area contributed by atoms with Crippen LogP contribution in [0.1, 0.15) is 64.9 Å². The standard InChI is InChI=1S/C36H43N3O5/c1-6-26-20-36(26)23(2)43-31(38-36)29-21-35(42,27-18-16-25(17-19-27)24-12-8-7-9-13-24)22-39(29)32(40)30(34(3,4)5)37-33(41)44-28-14-10-11-15-28/h6-9,12-13,16-19,26,28-30,42H,1-2,10-11,14-15,20-22H2,3-5H3,(H,37,41)/t26-,29-,30+,35-,36-/m0/s1. The predicted octanol–water partition coefficient (Wildman–Crippen LogP) is 6.11. The van der Waals surface area contributed by atoms with Crippen molar-refractivity contribution in [2.24, 2.45) is 16.3 Å². The van der Waals surface area contributed by atoms with E-state index in [2.05, 4.69) is 18.5 Å². The number of carbonyl (C=O) groups excluding carboxylic acids is 2. The highest BCUT2D eigenvalue weighted by molar-refractivity contribution is 5.94. The average Bonchev–Trinajstić information content (AvgIpc) is 3.27. The highest BCUT2D eigenvalue weighted by Crippen LogP contribution is 2.56. The van der Waals surface area contributed by atoms with Crippen molar-refractivity contribution in [2.75, 3.05) is 6.54 Å². The second kappa shape index (κ2) is 11.2. The lowest BCUT2D eigenvalue weighted by molar-refractivity contribution is -0.137. The summed E-state index contributed by atoms with van der Waals surface area (Å²) in [5.74, 6) is 0.706. The van der Waals surface area contributed by atoms with E-state index in [1.807, 2.05) is 81.4 Å². The Morgan fingerprint density at radius 1 is 1.09 bits per heavy atom. The van der Waals surface area contributed by atoms with Gasteiger partial charge in [-0.2, -0.15) is 0 Å². The van der Waals surface area contributed by atoms with Crippen LogP contribution in [0.15, 0.2) is 84.6 Å². The molecule has 8 heteroatoms. The number of carbonyl (C=O) groups is 2. The number of rotatable bonds is 7. The third kappa shape index (κ3) is 5.56. The maximum Gasteiger partial charge on any atom is 0.408 e. The molecule has 44 heavy (non-hydrogen) atoms. The summed E-state index contributed by atoms with van der Waals surface area (Å²) in [4.78, 5) is 34.0. The maximum atomic E-state index is 14.5. The molecule has 2 N–H and O–H groups in total. The maximum absolute atomic E-state index is 14.5. The predicted molar refractivity (Wildman–Crippen MR) is 170 cm³/mol. The molecule has 3 fully saturated rings. The van der Waals surface area contributed by atoms with Crippen molar-refractivity contribution in [3.8, 4) is 11.1 Å². The number of nitrogens with one attached hydrogen (secondary N) is 1. The fraction of sp³-hybridized carbons (Fsp3) is 0.472. The zero-order chi connectivity index (χ0) is 31.3. The Balaban J connectivity index is 1.31. The van der Waals surface area contributed by atoms with E-state index in [1.54, 1.807) is 4.90 Å². The van der Waals surface area contributed by atoms with Gasteiger partial charge in [-0.3, -0.25) is 4.79 Å². The Morgan fingerprint density at radius 3 is 2.36 bits per heavy atom. The number of hydrogen-bond donors (Lipinski definition) is 2. The van der Waals surface area contributed by atoms with Gasteiger partial charge in [0.05, 0.1) is 6.54 Å². The summed E-state index contributed by atoms with van der Waals surface area (Å²) in [6, 6.07) is 16.3. The first kappa shape index (κ1) is 30.1. The van der Waals surface area contributed by atoms with Gasteiger partial charge in [-0.1, -0.05) is 88.0 Å². The van der Waals surface area contributed by atoms with Crippen molar-refractivity contribution in [1.29, 1.82) is 0 Å². The molecule has 0 aromatic heterocycles. The van der Waals surface area contributed by atoms with Crippen molar-refractivity contribution < 1.29 is 24.2 Å². The molecule has 2 heterocycles. The summed E-state index contributed by atoms with van der Waals surface area (Å²) in [5, 5.41) is 15.1. The molecule has 0 unspecified atom stereocenters. The summed E-state index contributed by atoms with van der Waals surface area (Å²) in [6.45, 7) is 13.8. The van der Waals surface area contributed by atoms with E-state index in [0.29, 0.717) is 17.2 Å². The molecule has 8 nitrogen and oxygen atoms in total. The lowest BCUT2D eigenvalue weighted by Gasteiger charge is -2.35. The van der Waals surface area contributed by atoms with Gasteiger partial charge in [-0.25, -0.2) is 9.79 Å². The zero-order valence-electron chi connectivity index (χ0n) is 25.9. The minimum absolute atomic E-state index is 0.0137. The van der Waals surface area contributed by atoms with Crippen LogP contribution in [0.5, 0.6) is 0 Å². The molecule has 2 saturated carbocycles. The molecule has 2 amide bonds. The number of aliphatic imine (C=N–C) groups is 1. The van der Waals surface area contributed by atoms with Gasteiger partial charge >= 0.3 is 6.09 Å². The van der Waals surface area contributed by atoms with Gasteiger partial charge in [-0.05, 0) is 54.2 Å². The zero-order valence-corrected chi connectivity index (χ0v) is 25.9. The average molecular weight is 598 g/mol. The number of aliphatic hydroxyl groups is 1. The summed E-state index contributed by atoms with van der Waals surface area (Å²) in [7, 11) is 0. The number of amides is 2. The Morgan fingerprint density at radius 2 is 1.75 bits per heavy atom. The van der Waals surface area contributed by atoms with Crippen LogP contribution in [0.4, 0.5) is 4.79 Å². The Kier molecular flexibility index (Phi) is 7.68. The molecule has 2 aromatic rings. The van der Waals surface area contributed by atoms with E-state index >= 15 is 0 Å². The fourth-order valence-electron chi connectivity index (χ4n) is 6.92. The molecule has 6 rings (SSSR count). The van der Waals surface area contributed by atoms with Gasteiger partial charge < -0.3 is 24.8 Å². The Hall–Kier alpha value is -3.91. The summed E-state index contributed by atoms with van der Waals surface area (Å²) < 4.78 is 11.8. The monoisotopic (exact) mass is 597 g/mol. The van der Waals surface area contributed by atoms with Crippen molar-refractivity contribution in [1.82, 2.24) is 10.2 Å². The Bertz CT molecular complexity index is 1470. The second-order valence-corrected chi connectivity index (χ2v) is 13.9. The van der Waals surface area contributed by atoms with Gasteiger partial charge in [0.1, 0.15) is 35.1 Å². The highest BCUT2D eigenvalue weighted by Gasteiger charge is 2.62. The number of β-amino-alcohol motifs (C(OH)–C–C–N with tert-alkyl or cyclic N) is 1. The number of alkyl carbamates (subject to hydrolysis) is 1. The number of benzene rings is 2. The van der Waals surface area contributed by atoms with Crippen molar-refractivity contribution in [3.05, 3.63) is 85.2 Å². The lowest BCUT2D eigenvalue weighted by Crippen LogP contribution is -2.57. The van der Waals surface area contributed by atoms with Gasteiger partial charge in [-0.15, -0.1) is 6.58 Å². The van der Waals surface area contributed by atoms with Crippen LogP contribution in [-0.4, -0.2) is 58.2 Å². The molecule has 0 radical (unpaired) electrons. The quantitative estimate of drug-likeness (QED) is 0.375. The molecular weight excluding hydrogens is 554 g/mol. The summed E-state index contributed by atoms with van der Waals surface area (Å²) in [6.07, 6.45) is 5.80. The van der Waals surface area contributed by atoms with Gasteiger partial charge in [0.2, 0.25) is 11.8 Å². The van der Waals surface area contributed by atoms with Crippen LogP contribution < -0.4 is 5.32 Å². The van der Waals surface area contributed by atoms with E-state index in [4.69, 9.17) is 14.5 Å². The summed E-state index contributed by atoms with van der Waals surface area (Å²) >= 11 is 0. The third-order valence-electron chi connectivity index (χ3n) is 9.68. The van der Waals surface area contributed by atoms with E-state index in [0.717, 1.165) is 43.2 Å². The van der Waals surface area contributed by atoms with Crippen LogP contribution in [0.2, 0.25) is 0 Å². The minimum atomic E-state index is -1.37. The molecule has 0 bridgehead atoms. The van der Waals surface area contributed by atoms with Gasteiger partial charge in [0, 0.05) is 12.3 Å². The minimum Gasteiger partial charge on any atom is -0.446 e. The first-order valence-electron chi connectivity index (χ1n) is 15.7. The first-order chi connectivity index (χ1) is 20.9. The molecule has 1 spiro atoms. The van der Waals surface area contributed by atoms with E-state index in [-0.39, 0.29) is 30.9 Å². The van der Waals surface area contributed by atoms with Crippen LogP contribution in [0, 0.1) is 11.3 Å². The van der Waals surface area contributed by atoms with Gasteiger partial charge in [0.25, 0.3) is 0 Å². The molecule has 5 atom stereocenters. The first-order valence-corrected chi connectivity index (χ1v) is 15.7. The van der Waals surface area contributed by atoms with E-state index in [9.17, 15) is 14.7 Å². The molecule has 2 aromatic carbocycles. The smallest absolute Gasteiger partial charge is 0.408 e. The number of likely N-dealkylation sites (tertiary alicyclic amines) is 1. The van der Waals surface area contributed by atoms with Crippen LogP contribution >= 0.6 is 0 Å². The molecular formula is C36H43N3O5. The van der Waals surface area contributed by atoms with E-state index < -0.39 is 34.7 Å². The summed E-state index contributed by atoms with van der Waals surface area (Å²) in [5.41, 5.74) is 0.241. The lowest BCUT2D eigenvalue weighted by atomic mass is 9.85. The molecule has 1 saturated heterocycles. The number of ether oxygens (including phenoxy) is 2. The normalized spacial score (nSPS) is 28.9. The number of hydrogen-bond acceptors (Lipinski definition) is 6. The van der Waals surface area contributed by atoms with Crippen molar-refractivity contribution >= 4 is 17.9 Å². The largest absolute Gasteiger partial charge is 0.446 e. The van der Waals surface area contributed by atoms with E-state index in [1.165, 1.54) is 0 Å². The molecule has 2 aliphatic heterocycles. The molecule has 2 aliphatic carbocycles. The fourth-order valence-corrected chi connectivity index (χ4v) is 6.92. The molecule has 232 valence electrons.